The van der Waals surface area contributed by atoms with Crippen molar-refractivity contribution < 1.29 is 4.79 Å². The molecule has 2 aromatic carbocycles. The second-order valence-electron chi connectivity index (χ2n) is 6.96. The van der Waals surface area contributed by atoms with E-state index < -0.39 is 0 Å². The number of amides is 1. The van der Waals surface area contributed by atoms with E-state index in [9.17, 15) is 4.79 Å². The third kappa shape index (κ3) is 3.98. The number of benzene rings is 2. The molecule has 0 spiro atoms. The van der Waals surface area contributed by atoms with Crippen LogP contribution in [0.25, 0.3) is 22.2 Å². The van der Waals surface area contributed by atoms with E-state index in [0.717, 1.165) is 29.4 Å². The molecule has 1 amide bonds. The molecule has 0 unspecified atom stereocenters. The van der Waals surface area contributed by atoms with Crippen LogP contribution in [0.3, 0.4) is 0 Å². The van der Waals surface area contributed by atoms with Crippen LogP contribution in [0.4, 0.5) is 0 Å². The summed E-state index contributed by atoms with van der Waals surface area (Å²) >= 11 is 0. The molecular formula is C22H24N4O. The molecule has 5 nitrogen and oxygen atoms in total. The van der Waals surface area contributed by atoms with E-state index in [-0.39, 0.29) is 5.91 Å². The van der Waals surface area contributed by atoms with Crippen LogP contribution < -0.4 is 5.32 Å². The molecule has 138 valence electrons. The van der Waals surface area contributed by atoms with Gasteiger partial charge in [0.15, 0.2) is 0 Å². The first-order chi connectivity index (χ1) is 13.3. The highest BCUT2D eigenvalue weighted by atomic mass is 16.1. The standard InChI is InChI=1S/C22H24N4O/c27-22(23-13-8-16-26-14-6-7-15-26)20-18-11-4-5-12-19(18)24-25-21(20)17-9-2-1-3-10-17/h1-5,9-12H,6-8,13-16H2,(H,23,27). The lowest BCUT2D eigenvalue weighted by molar-refractivity contribution is 0.0954. The fraction of sp³-hybridized carbons (Fsp3) is 0.318. The van der Waals surface area contributed by atoms with Crippen molar-refractivity contribution in [1.29, 1.82) is 0 Å². The predicted molar refractivity (Wildman–Crippen MR) is 108 cm³/mol. The molecule has 1 fully saturated rings. The third-order valence-corrected chi connectivity index (χ3v) is 5.08. The number of nitrogens with one attached hydrogen (secondary N) is 1. The molecule has 27 heavy (non-hydrogen) atoms. The molecule has 0 saturated carbocycles. The maximum atomic E-state index is 13.1. The zero-order valence-corrected chi connectivity index (χ0v) is 15.4. The summed E-state index contributed by atoms with van der Waals surface area (Å²) in [6.07, 6.45) is 3.55. The lowest BCUT2D eigenvalue weighted by Crippen LogP contribution is -2.29. The monoisotopic (exact) mass is 360 g/mol. The molecule has 1 aromatic heterocycles. The van der Waals surface area contributed by atoms with Crippen molar-refractivity contribution >= 4 is 16.8 Å². The van der Waals surface area contributed by atoms with E-state index in [1.54, 1.807) is 0 Å². The predicted octanol–water partition coefficient (Wildman–Crippen LogP) is 3.51. The number of carbonyl (C=O) groups excluding carboxylic acids is 1. The summed E-state index contributed by atoms with van der Waals surface area (Å²) < 4.78 is 0. The normalized spacial score (nSPS) is 14.5. The average Bonchev–Trinajstić information content (AvgIpc) is 3.24. The Balaban J connectivity index is 1.57. The Labute approximate surface area is 159 Å². The van der Waals surface area contributed by atoms with E-state index in [1.165, 1.54) is 25.9 Å². The summed E-state index contributed by atoms with van der Waals surface area (Å²) in [6.45, 7) is 4.08. The van der Waals surface area contributed by atoms with Crippen LogP contribution in [0.5, 0.6) is 0 Å². The number of fused-ring (bicyclic) bond motifs is 1. The summed E-state index contributed by atoms with van der Waals surface area (Å²) in [5, 5.41) is 12.6. The highest BCUT2D eigenvalue weighted by Crippen LogP contribution is 2.26. The average molecular weight is 360 g/mol. The van der Waals surface area contributed by atoms with Crippen molar-refractivity contribution in [1.82, 2.24) is 20.4 Å². The first-order valence-corrected chi connectivity index (χ1v) is 9.64. The molecule has 1 aliphatic rings. The number of likely N-dealkylation sites (tertiary alicyclic amines) is 1. The van der Waals surface area contributed by atoms with Gasteiger partial charge in [-0.3, -0.25) is 4.79 Å². The zero-order valence-electron chi connectivity index (χ0n) is 15.4. The molecule has 0 radical (unpaired) electrons. The molecule has 5 heteroatoms. The number of nitrogens with zero attached hydrogens (tertiary/aromatic N) is 3. The van der Waals surface area contributed by atoms with Crippen molar-refractivity contribution in [2.75, 3.05) is 26.2 Å². The van der Waals surface area contributed by atoms with Gasteiger partial charge in [-0.2, -0.15) is 0 Å². The summed E-state index contributed by atoms with van der Waals surface area (Å²) in [5.41, 5.74) is 2.87. The number of carbonyl (C=O) groups is 1. The first kappa shape index (κ1) is 17.6. The van der Waals surface area contributed by atoms with Crippen molar-refractivity contribution in [3.05, 3.63) is 60.2 Å². The SMILES string of the molecule is O=C(NCCCN1CCCC1)c1c(-c2ccccc2)nnc2ccccc12. The van der Waals surface area contributed by atoms with Crippen LogP contribution in [0.2, 0.25) is 0 Å². The molecule has 0 atom stereocenters. The van der Waals surface area contributed by atoms with Crippen LogP contribution in [0.1, 0.15) is 29.6 Å². The smallest absolute Gasteiger partial charge is 0.254 e. The fourth-order valence-corrected chi connectivity index (χ4v) is 3.68. The fourth-order valence-electron chi connectivity index (χ4n) is 3.68. The lowest BCUT2D eigenvalue weighted by Gasteiger charge is -2.15. The lowest BCUT2D eigenvalue weighted by atomic mass is 10.0. The highest BCUT2D eigenvalue weighted by molar-refractivity contribution is 6.10. The Bertz CT molecular complexity index is 920. The number of hydrogen-bond donors (Lipinski definition) is 1. The minimum Gasteiger partial charge on any atom is -0.352 e. The van der Waals surface area contributed by atoms with E-state index in [0.29, 0.717) is 17.8 Å². The summed E-state index contributed by atoms with van der Waals surface area (Å²) in [4.78, 5) is 15.5. The van der Waals surface area contributed by atoms with Crippen molar-refractivity contribution in [3.8, 4) is 11.3 Å². The molecule has 0 aliphatic carbocycles. The molecule has 0 bridgehead atoms. The third-order valence-electron chi connectivity index (χ3n) is 5.08. The topological polar surface area (TPSA) is 58.1 Å². The van der Waals surface area contributed by atoms with Gasteiger partial charge >= 0.3 is 0 Å². The van der Waals surface area contributed by atoms with Gasteiger partial charge < -0.3 is 10.2 Å². The number of hydrogen-bond acceptors (Lipinski definition) is 4. The first-order valence-electron chi connectivity index (χ1n) is 9.64. The molecule has 3 aromatic rings. The minimum absolute atomic E-state index is 0.0821. The van der Waals surface area contributed by atoms with Crippen LogP contribution >= 0.6 is 0 Å². The summed E-state index contributed by atoms with van der Waals surface area (Å²) in [6, 6.07) is 17.5. The van der Waals surface area contributed by atoms with Crippen LogP contribution in [0, 0.1) is 0 Å². The van der Waals surface area contributed by atoms with Crippen LogP contribution in [0.15, 0.2) is 54.6 Å². The molecule has 1 N–H and O–H groups in total. The van der Waals surface area contributed by atoms with Gasteiger partial charge in [-0.25, -0.2) is 0 Å². The Morgan fingerprint density at radius 2 is 1.70 bits per heavy atom. The van der Waals surface area contributed by atoms with Crippen LogP contribution in [-0.4, -0.2) is 47.2 Å². The highest BCUT2D eigenvalue weighted by Gasteiger charge is 2.19. The van der Waals surface area contributed by atoms with Crippen molar-refractivity contribution in [2.45, 2.75) is 19.3 Å². The summed E-state index contributed by atoms with van der Waals surface area (Å²) in [7, 11) is 0. The number of aromatic nitrogens is 2. The van der Waals surface area contributed by atoms with Gasteiger partial charge in [-0.1, -0.05) is 48.5 Å². The van der Waals surface area contributed by atoms with Gasteiger partial charge in [0.1, 0.15) is 5.69 Å². The second-order valence-corrected chi connectivity index (χ2v) is 6.96. The Morgan fingerprint density at radius 1 is 0.963 bits per heavy atom. The Kier molecular flexibility index (Phi) is 5.39. The van der Waals surface area contributed by atoms with E-state index in [2.05, 4.69) is 20.4 Å². The second kappa shape index (κ2) is 8.27. The van der Waals surface area contributed by atoms with Gasteiger partial charge in [-0.15, -0.1) is 10.2 Å². The quantitative estimate of drug-likeness (QED) is 0.684. The maximum absolute atomic E-state index is 13.1. The van der Waals surface area contributed by atoms with Crippen LogP contribution in [-0.2, 0) is 0 Å². The van der Waals surface area contributed by atoms with Gasteiger partial charge in [0.05, 0.1) is 11.1 Å². The number of rotatable bonds is 6. The van der Waals surface area contributed by atoms with Gasteiger partial charge in [-0.05, 0) is 45.0 Å². The minimum atomic E-state index is -0.0821. The maximum Gasteiger partial charge on any atom is 0.254 e. The zero-order chi connectivity index (χ0) is 18.5. The molecule has 4 rings (SSSR count). The Hall–Kier alpha value is -2.79. The van der Waals surface area contributed by atoms with Gasteiger partial charge in [0.2, 0.25) is 0 Å². The van der Waals surface area contributed by atoms with Crippen molar-refractivity contribution in [2.24, 2.45) is 0 Å². The molecule has 2 heterocycles. The molecule has 1 saturated heterocycles. The van der Waals surface area contributed by atoms with Gasteiger partial charge in [0.25, 0.3) is 5.91 Å². The largest absolute Gasteiger partial charge is 0.352 e. The Morgan fingerprint density at radius 3 is 2.52 bits per heavy atom. The van der Waals surface area contributed by atoms with E-state index in [4.69, 9.17) is 0 Å². The molecule has 1 aliphatic heterocycles. The summed E-state index contributed by atoms with van der Waals surface area (Å²) in [5.74, 6) is -0.0821. The van der Waals surface area contributed by atoms with Crippen molar-refractivity contribution in [3.63, 3.8) is 0 Å². The van der Waals surface area contributed by atoms with E-state index >= 15 is 0 Å². The van der Waals surface area contributed by atoms with Gasteiger partial charge in [0, 0.05) is 17.5 Å². The van der Waals surface area contributed by atoms with E-state index in [1.807, 2.05) is 54.6 Å². The molecular weight excluding hydrogens is 336 g/mol.